The first-order chi connectivity index (χ1) is 20.3. The Labute approximate surface area is 266 Å². The molecule has 2 amide bonds. The van der Waals surface area contributed by atoms with Gasteiger partial charge < -0.3 is 15.1 Å². The molecule has 2 aliphatic rings. The summed E-state index contributed by atoms with van der Waals surface area (Å²) in [6, 6.07) is 22.0. The molecule has 7 nitrogen and oxygen atoms in total. The van der Waals surface area contributed by atoms with Crippen LogP contribution in [0.1, 0.15) is 12.8 Å². The van der Waals surface area contributed by atoms with Gasteiger partial charge in [-0.15, -0.1) is 11.8 Å². The summed E-state index contributed by atoms with van der Waals surface area (Å²) in [7, 11) is 0. The van der Waals surface area contributed by atoms with E-state index in [-0.39, 0.29) is 18.2 Å². The molecule has 0 radical (unpaired) electrons. The van der Waals surface area contributed by atoms with Crippen molar-refractivity contribution in [1.82, 2.24) is 9.80 Å². The van der Waals surface area contributed by atoms with Crippen molar-refractivity contribution in [3.63, 3.8) is 0 Å². The van der Waals surface area contributed by atoms with Gasteiger partial charge in [-0.1, -0.05) is 35.3 Å². The minimum atomic E-state index is -0.678. The Hall–Kier alpha value is -2.82. The molecule has 3 aromatic rings. The lowest BCUT2D eigenvalue weighted by molar-refractivity contribution is -0.124. The van der Waals surface area contributed by atoms with Crippen molar-refractivity contribution in [2.75, 3.05) is 60.6 Å². The Kier molecular flexibility index (Phi) is 10.3. The van der Waals surface area contributed by atoms with Crippen molar-refractivity contribution < 1.29 is 9.59 Å². The summed E-state index contributed by atoms with van der Waals surface area (Å²) in [4.78, 5) is 36.2. The number of amides is 2. The highest BCUT2D eigenvalue weighted by atomic mass is 35.5. The maximum Gasteiger partial charge on any atom is 0.256 e. The molecule has 1 unspecified atom stereocenters. The number of carbonyl (C=O) groups excluding carboxylic acids is 2. The molecular formula is C31H33Cl2N5O2S2. The van der Waals surface area contributed by atoms with Crippen LogP contribution in [0.3, 0.4) is 0 Å². The minimum Gasteiger partial charge on any atom is -0.369 e. The Bertz CT molecular complexity index is 1430. The summed E-state index contributed by atoms with van der Waals surface area (Å²) in [6.45, 7) is 5.19. The zero-order chi connectivity index (χ0) is 29.6. The van der Waals surface area contributed by atoms with Crippen molar-refractivity contribution in [2.45, 2.75) is 23.8 Å². The van der Waals surface area contributed by atoms with E-state index in [1.165, 1.54) is 0 Å². The number of hydrogen-bond acceptors (Lipinski definition) is 6. The largest absolute Gasteiger partial charge is 0.369 e. The average molecular weight is 643 g/mol. The van der Waals surface area contributed by atoms with Gasteiger partial charge in [0.1, 0.15) is 6.04 Å². The standard InChI is InChI=1S/C31H33Cl2N5O2S2/c1-42-27-8-3-7-26(20-27)38-30(40)28(21-29(39)34-24-11-9-22(32)10-12-24)37(31(38)41)14-4-13-35-15-17-36(18-16-35)25-6-2-5-23(33)19-25/h2-3,5-12,19-20,28H,4,13-18,21H2,1H3,(H,34,39). The first-order valence-corrected chi connectivity index (χ1v) is 16.3. The fourth-order valence-corrected chi connectivity index (χ4v) is 6.54. The van der Waals surface area contributed by atoms with Crippen LogP contribution in [-0.2, 0) is 9.59 Å². The minimum absolute atomic E-state index is 0.00136. The fraction of sp³-hybridized carbons (Fsp3) is 0.323. The Morgan fingerprint density at radius 1 is 0.929 bits per heavy atom. The van der Waals surface area contributed by atoms with Gasteiger partial charge in [-0.25, -0.2) is 0 Å². The van der Waals surface area contributed by atoms with E-state index in [1.807, 2.05) is 53.6 Å². The molecule has 2 fully saturated rings. The zero-order valence-electron chi connectivity index (χ0n) is 23.3. The van der Waals surface area contributed by atoms with Gasteiger partial charge in [0.15, 0.2) is 5.11 Å². The molecule has 220 valence electrons. The maximum absolute atomic E-state index is 13.8. The summed E-state index contributed by atoms with van der Waals surface area (Å²) in [5, 5.41) is 4.66. The monoisotopic (exact) mass is 641 g/mol. The summed E-state index contributed by atoms with van der Waals surface area (Å²) in [5.41, 5.74) is 2.50. The molecule has 2 saturated heterocycles. The maximum atomic E-state index is 13.8. The van der Waals surface area contributed by atoms with Gasteiger partial charge in [0, 0.05) is 59.0 Å². The molecule has 2 heterocycles. The summed E-state index contributed by atoms with van der Waals surface area (Å²) >= 11 is 19.6. The molecule has 2 aliphatic heterocycles. The summed E-state index contributed by atoms with van der Waals surface area (Å²) < 4.78 is 0. The first kappa shape index (κ1) is 30.6. The summed E-state index contributed by atoms with van der Waals surface area (Å²) in [6.07, 6.45) is 2.81. The fourth-order valence-electron chi connectivity index (χ4n) is 5.36. The zero-order valence-corrected chi connectivity index (χ0v) is 26.5. The molecule has 0 aromatic heterocycles. The van der Waals surface area contributed by atoms with Gasteiger partial charge in [0.25, 0.3) is 5.91 Å². The number of benzene rings is 3. The number of piperazine rings is 1. The average Bonchev–Trinajstić information content (AvgIpc) is 3.22. The lowest BCUT2D eigenvalue weighted by Gasteiger charge is -2.36. The number of nitrogens with zero attached hydrogens (tertiary/aromatic N) is 4. The number of halogens is 2. The number of rotatable bonds is 10. The van der Waals surface area contributed by atoms with Crippen molar-refractivity contribution in [1.29, 1.82) is 0 Å². The molecule has 42 heavy (non-hydrogen) atoms. The Morgan fingerprint density at radius 3 is 2.36 bits per heavy atom. The normalized spacial score (nSPS) is 17.7. The van der Waals surface area contributed by atoms with Gasteiger partial charge in [-0.05, 0) is 92.1 Å². The van der Waals surface area contributed by atoms with Crippen LogP contribution in [0.2, 0.25) is 10.0 Å². The quantitative estimate of drug-likeness (QED) is 0.207. The number of nitrogens with one attached hydrogen (secondary N) is 1. The molecule has 0 saturated carbocycles. The molecule has 3 aromatic carbocycles. The van der Waals surface area contributed by atoms with E-state index >= 15 is 0 Å². The van der Waals surface area contributed by atoms with Crippen LogP contribution in [0.15, 0.2) is 77.7 Å². The molecule has 11 heteroatoms. The van der Waals surface area contributed by atoms with Crippen LogP contribution in [0.4, 0.5) is 17.1 Å². The predicted octanol–water partition coefficient (Wildman–Crippen LogP) is 6.26. The van der Waals surface area contributed by atoms with E-state index in [1.54, 1.807) is 40.9 Å². The predicted molar refractivity (Wildman–Crippen MR) is 178 cm³/mol. The van der Waals surface area contributed by atoms with Crippen LogP contribution in [0.5, 0.6) is 0 Å². The molecule has 0 bridgehead atoms. The van der Waals surface area contributed by atoms with Crippen LogP contribution in [-0.4, -0.2) is 78.3 Å². The number of thiocarbonyl (C=S) groups is 1. The molecule has 0 aliphatic carbocycles. The lowest BCUT2D eigenvalue weighted by atomic mass is 10.1. The number of hydrogen-bond donors (Lipinski definition) is 1. The highest BCUT2D eigenvalue weighted by molar-refractivity contribution is 7.98. The Balaban J connectivity index is 1.24. The third-order valence-electron chi connectivity index (χ3n) is 7.56. The highest BCUT2D eigenvalue weighted by Crippen LogP contribution is 2.30. The van der Waals surface area contributed by atoms with E-state index in [0.717, 1.165) is 60.4 Å². The molecule has 0 spiro atoms. The second-order valence-electron chi connectivity index (χ2n) is 10.3. The summed E-state index contributed by atoms with van der Waals surface area (Å²) in [5.74, 6) is -0.431. The molecule has 1 N–H and O–H groups in total. The topological polar surface area (TPSA) is 59.1 Å². The van der Waals surface area contributed by atoms with Crippen LogP contribution in [0.25, 0.3) is 0 Å². The smallest absolute Gasteiger partial charge is 0.256 e. The van der Waals surface area contributed by atoms with Crippen LogP contribution < -0.4 is 15.1 Å². The number of anilines is 3. The van der Waals surface area contributed by atoms with Crippen molar-refractivity contribution in [3.05, 3.63) is 82.8 Å². The SMILES string of the molecule is CSc1cccc(N2C(=O)C(CC(=O)Nc3ccc(Cl)cc3)N(CCCN3CCN(c4cccc(Cl)c4)CC3)C2=S)c1. The van der Waals surface area contributed by atoms with Gasteiger partial charge in [0.2, 0.25) is 5.91 Å². The molecule has 5 rings (SSSR count). The van der Waals surface area contributed by atoms with Crippen LogP contribution >= 0.6 is 47.2 Å². The van der Waals surface area contributed by atoms with Gasteiger partial charge in [-0.3, -0.25) is 19.4 Å². The van der Waals surface area contributed by atoms with Crippen molar-refractivity contribution in [3.8, 4) is 0 Å². The van der Waals surface area contributed by atoms with Gasteiger partial charge in [-0.2, -0.15) is 0 Å². The molecule has 1 atom stereocenters. The van der Waals surface area contributed by atoms with E-state index in [9.17, 15) is 9.59 Å². The third kappa shape index (κ3) is 7.38. The van der Waals surface area contributed by atoms with Crippen molar-refractivity contribution in [2.24, 2.45) is 0 Å². The van der Waals surface area contributed by atoms with Gasteiger partial charge in [0.05, 0.1) is 12.1 Å². The second-order valence-corrected chi connectivity index (χ2v) is 12.4. The number of carbonyl (C=O) groups is 2. The Morgan fingerprint density at radius 2 is 1.64 bits per heavy atom. The van der Waals surface area contributed by atoms with E-state index < -0.39 is 6.04 Å². The second kappa shape index (κ2) is 14.1. The first-order valence-electron chi connectivity index (χ1n) is 13.9. The van der Waals surface area contributed by atoms with Crippen LogP contribution in [0, 0.1) is 0 Å². The molecular weight excluding hydrogens is 609 g/mol. The van der Waals surface area contributed by atoms with Gasteiger partial charge >= 0.3 is 0 Å². The van der Waals surface area contributed by atoms with Crippen molar-refractivity contribution >= 4 is 81.2 Å². The third-order valence-corrected chi connectivity index (χ3v) is 9.19. The highest BCUT2D eigenvalue weighted by Gasteiger charge is 2.44. The van der Waals surface area contributed by atoms with E-state index in [2.05, 4.69) is 21.2 Å². The number of thioether (sulfide) groups is 1. The van der Waals surface area contributed by atoms with E-state index in [0.29, 0.717) is 22.4 Å². The van der Waals surface area contributed by atoms with E-state index in [4.69, 9.17) is 35.4 Å². The lowest BCUT2D eigenvalue weighted by Crippen LogP contribution is -2.47.